The highest BCUT2D eigenvalue weighted by Crippen LogP contribution is 2.44. The molecule has 2 saturated heterocycles. The second-order valence-corrected chi connectivity index (χ2v) is 8.18. The molecule has 3 heterocycles. The van der Waals surface area contributed by atoms with Gasteiger partial charge in [0.25, 0.3) is 0 Å². The molecule has 7 heteroatoms. The van der Waals surface area contributed by atoms with Crippen LogP contribution < -0.4 is 0 Å². The minimum Gasteiger partial charge on any atom is -0.383 e. The number of halogens is 3. The molecule has 0 bridgehead atoms. The number of nitrogens with zero attached hydrogens (tertiary/aromatic N) is 2. The maximum atomic E-state index is 12.9. The van der Waals surface area contributed by atoms with Crippen molar-refractivity contribution >= 4 is 0 Å². The van der Waals surface area contributed by atoms with Gasteiger partial charge in [0.2, 0.25) is 0 Å². The van der Waals surface area contributed by atoms with E-state index in [4.69, 9.17) is 4.74 Å². The number of ether oxygens (including phenoxy) is 1. The first-order valence-electron chi connectivity index (χ1n) is 9.95. The number of piperidine rings is 1. The summed E-state index contributed by atoms with van der Waals surface area (Å²) in [6.07, 6.45) is -0.155. The molecule has 1 spiro atoms. The van der Waals surface area contributed by atoms with Crippen LogP contribution in [0.25, 0.3) is 0 Å². The van der Waals surface area contributed by atoms with Crippen molar-refractivity contribution in [3.8, 4) is 0 Å². The van der Waals surface area contributed by atoms with E-state index in [1.807, 2.05) is 18.2 Å². The lowest BCUT2D eigenvalue weighted by Gasteiger charge is -2.49. The van der Waals surface area contributed by atoms with Crippen LogP contribution in [0.4, 0.5) is 13.2 Å². The molecular formula is C22H25F3N2O2. The van der Waals surface area contributed by atoms with E-state index in [0.717, 1.165) is 18.9 Å². The molecule has 0 radical (unpaired) electrons. The summed E-state index contributed by atoms with van der Waals surface area (Å²) in [5.41, 5.74) is -0.684. The summed E-state index contributed by atoms with van der Waals surface area (Å²) in [5, 5.41) is 11.2. The molecular weight excluding hydrogens is 381 g/mol. The van der Waals surface area contributed by atoms with E-state index < -0.39 is 22.9 Å². The van der Waals surface area contributed by atoms with Crippen molar-refractivity contribution in [3.05, 3.63) is 65.5 Å². The summed E-state index contributed by atoms with van der Waals surface area (Å²) in [4.78, 5) is 6.49. The van der Waals surface area contributed by atoms with Crippen molar-refractivity contribution in [2.75, 3.05) is 19.7 Å². The highest BCUT2D eigenvalue weighted by Gasteiger charge is 2.47. The van der Waals surface area contributed by atoms with Crippen LogP contribution in [-0.2, 0) is 23.1 Å². The fourth-order valence-corrected chi connectivity index (χ4v) is 4.51. The largest absolute Gasteiger partial charge is 0.416 e. The maximum Gasteiger partial charge on any atom is 0.416 e. The van der Waals surface area contributed by atoms with Crippen LogP contribution in [0.1, 0.15) is 42.5 Å². The minimum atomic E-state index is -4.33. The van der Waals surface area contributed by atoms with E-state index in [1.165, 1.54) is 12.1 Å². The highest BCUT2D eigenvalue weighted by molar-refractivity contribution is 5.25. The molecule has 2 aliphatic heterocycles. The van der Waals surface area contributed by atoms with Gasteiger partial charge in [0.05, 0.1) is 23.5 Å². The Hall–Kier alpha value is -1.96. The van der Waals surface area contributed by atoms with Crippen LogP contribution >= 0.6 is 0 Å². The summed E-state index contributed by atoms with van der Waals surface area (Å²) in [6.45, 7) is 2.38. The van der Waals surface area contributed by atoms with E-state index in [2.05, 4.69) is 9.88 Å². The fraction of sp³-hybridized carbons (Fsp3) is 0.500. The van der Waals surface area contributed by atoms with E-state index in [9.17, 15) is 18.3 Å². The molecule has 156 valence electrons. The predicted octanol–water partition coefficient (Wildman–Crippen LogP) is 4.13. The van der Waals surface area contributed by atoms with Gasteiger partial charge in [-0.05, 0) is 36.6 Å². The number of alkyl halides is 3. The lowest BCUT2D eigenvalue weighted by Crippen LogP contribution is -2.53. The SMILES string of the molecule is OC1(c2ccccn2)CCOC2(CCN(Cc3cccc(C(F)(F)F)c3)CC2)C1. The number of aliphatic hydroxyl groups is 1. The van der Waals surface area contributed by atoms with Crippen molar-refractivity contribution in [2.45, 2.75) is 49.6 Å². The molecule has 1 N–H and O–H groups in total. The molecule has 0 saturated carbocycles. The topological polar surface area (TPSA) is 45.6 Å². The van der Waals surface area contributed by atoms with Gasteiger partial charge in [0.1, 0.15) is 5.60 Å². The van der Waals surface area contributed by atoms with Gasteiger partial charge in [0.15, 0.2) is 0 Å². The molecule has 2 aromatic rings. The molecule has 1 aromatic carbocycles. The van der Waals surface area contributed by atoms with Crippen LogP contribution in [0.2, 0.25) is 0 Å². The van der Waals surface area contributed by atoms with Crippen molar-refractivity contribution in [1.82, 2.24) is 9.88 Å². The molecule has 2 fully saturated rings. The van der Waals surface area contributed by atoms with Crippen molar-refractivity contribution in [3.63, 3.8) is 0 Å². The Morgan fingerprint density at radius 3 is 2.55 bits per heavy atom. The summed E-state index contributed by atoms with van der Waals surface area (Å²) >= 11 is 0. The summed E-state index contributed by atoms with van der Waals surface area (Å²) < 4.78 is 44.9. The van der Waals surface area contributed by atoms with Crippen molar-refractivity contribution in [1.29, 1.82) is 0 Å². The first-order valence-corrected chi connectivity index (χ1v) is 9.95. The zero-order valence-electron chi connectivity index (χ0n) is 16.2. The fourth-order valence-electron chi connectivity index (χ4n) is 4.51. The van der Waals surface area contributed by atoms with E-state index in [-0.39, 0.29) is 0 Å². The van der Waals surface area contributed by atoms with Gasteiger partial charge < -0.3 is 9.84 Å². The summed E-state index contributed by atoms with van der Waals surface area (Å²) in [6, 6.07) is 11.1. The van der Waals surface area contributed by atoms with Crippen LogP contribution in [0.5, 0.6) is 0 Å². The lowest BCUT2D eigenvalue weighted by atomic mass is 9.75. The lowest BCUT2D eigenvalue weighted by molar-refractivity contribution is -0.183. The monoisotopic (exact) mass is 406 g/mol. The minimum absolute atomic E-state index is 0.408. The van der Waals surface area contributed by atoms with Gasteiger partial charge in [-0.3, -0.25) is 9.88 Å². The number of pyridine rings is 1. The Kier molecular flexibility index (Phi) is 5.40. The van der Waals surface area contributed by atoms with E-state index >= 15 is 0 Å². The van der Waals surface area contributed by atoms with Gasteiger partial charge in [0, 0.05) is 38.7 Å². The molecule has 29 heavy (non-hydrogen) atoms. The number of hydrogen-bond acceptors (Lipinski definition) is 4. The number of benzene rings is 1. The van der Waals surface area contributed by atoms with Gasteiger partial charge in [-0.25, -0.2) is 0 Å². The molecule has 0 amide bonds. The zero-order valence-corrected chi connectivity index (χ0v) is 16.2. The van der Waals surface area contributed by atoms with Crippen molar-refractivity contribution < 1.29 is 23.0 Å². The average Bonchev–Trinajstić information content (AvgIpc) is 2.70. The molecule has 0 aliphatic carbocycles. The second-order valence-electron chi connectivity index (χ2n) is 8.18. The van der Waals surface area contributed by atoms with Gasteiger partial charge in [-0.15, -0.1) is 0 Å². The molecule has 4 nitrogen and oxygen atoms in total. The third kappa shape index (κ3) is 4.47. The van der Waals surface area contributed by atoms with Gasteiger partial charge in [-0.1, -0.05) is 24.3 Å². The van der Waals surface area contributed by atoms with Gasteiger partial charge in [-0.2, -0.15) is 13.2 Å². The van der Waals surface area contributed by atoms with Crippen LogP contribution in [0.15, 0.2) is 48.7 Å². The summed E-state index contributed by atoms with van der Waals surface area (Å²) in [7, 11) is 0. The normalized spacial score (nSPS) is 25.2. The Bertz CT molecular complexity index is 835. The second kappa shape index (κ2) is 7.70. The van der Waals surface area contributed by atoms with E-state index in [0.29, 0.717) is 50.3 Å². The van der Waals surface area contributed by atoms with Crippen LogP contribution in [-0.4, -0.2) is 40.3 Å². The number of likely N-dealkylation sites (tertiary alicyclic amines) is 1. The Labute approximate surface area is 168 Å². The first-order chi connectivity index (χ1) is 13.8. The number of hydrogen-bond donors (Lipinski definition) is 1. The highest BCUT2D eigenvalue weighted by atomic mass is 19.4. The number of aromatic nitrogens is 1. The molecule has 4 rings (SSSR count). The third-order valence-electron chi connectivity index (χ3n) is 6.11. The number of rotatable bonds is 3. The van der Waals surface area contributed by atoms with Crippen LogP contribution in [0.3, 0.4) is 0 Å². The van der Waals surface area contributed by atoms with E-state index in [1.54, 1.807) is 12.3 Å². The summed E-state index contributed by atoms with van der Waals surface area (Å²) in [5.74, 6) is 0. The Morgan fingerprint density at radius 1 is 1.07 bits per heavy atom. The van der Waals surface area contributed by atoms with Crippen molar-refractivity contribution in [2.24, 2.45) is 0 Å². The molecule has 1 aromatic heterocycles. The quantitative estimate of drug-likeness (QED) is 0.833. The average molecular weight is 406 g/mol. The molecule has 1 unspecified atom stereocenters. The zero-order chi connectivity index (χ0) is 20.5. The predicted molar refractivity (Wildman–Crippen MR) is 102 cm³/mol. The smallest absolute Gasteiger partial charge is 0.383 e. The third-order valence-corrected chi connectivity index (χ3v) is 6.11. The Balaban J connectivity index is 1.40. The van der Waals surface area contributed by atoms with Crippen LogP contribution in [0, 0.1) is 0 Å². The standard InChI is InChI=1S/C22H25F3N2O2/c23-22(24,25)18-5-3-4-17(14-18)15-27-11-7-20(8-12-27)16-21(28,9-13-29-20)19-6-1-2-10-26-19/h1-6,10,14,28H,7-9,11-13,15-16H2. The van der Waals surface area contributed by atoms with Gasteiger partial charge >= 0.3 is 6.18 Å². The first kappa shape index (κ1) is 20.3. The maximum absolute atomic E-state index is 12.9. The molecule has 2 aliphatic rings. The molecule has 1 atom stereocenters. The Morgan fingerprint density at radius 2 is 1.86 bits per heavy atom.